The van der Waals surface area contributed by atoms with Crippen LogP contribution in [-0.4, -0.2) is 65.3 Å². The van der Waals surface area contributed by atoms with Crippen LogP contribution in [0.5, 0.6) is 0 Å². The molecule has 3 amide bonds. The van der Waals surface area contributed by atoms with E-state index in [4.69, 9.17) is 23.2 Å². The highest BCUT2D eigenvalue weighted by Crippen LogP contribution is 2.35. The van der Waals surface area contributed by atoms with Crippen molar-refractivity contribution in [1.29, 1.82) is 0 Å². The molecule has 0 aromatic heterocycles. The lowest BCUT2D eigenvalue weighted by molar-refractivity contribution is -0.139. The Morgan fingerprint density at radius 2 is 1.79 bits per heavy atom. The van der Waals surface area contributed by atoms with Crippen LogP contribution in [0.25, 0.3) is 0 Å². The van der Waals surface area contributed by atoms with Crippen LogP contribution in [-0.2, 0) is 17.8 Å². The van der Waals surface area contributed by atoms with Gasteiger partial charge in [-0.3, -0.25) is 19.9 Å². The van der Waals surface area contributed by atoms with Gasteiger partial charge in [0, 0.05) is 35.9 Å². The molecule has 3 aliphatic rings. The highest BCUT2D eigenvalue weighted by molar-refractivity contribution is 6.35. The molecule has 0 saturated carbocycles. The van der Waals surface area contributed by atoms with E-state index >= 15 is 0 Å². The summed E-state index contributed by atoms with van der Waals surface area (Å²) < 4.78 is 0. The fraction of sp³-hybridized carbons (Fsp3) is 0.440. The normalized spacial score (nSPS) is 27.3. The minimum absolute atomic E-state index is 0.109. The predicted octanol–water partition coefficient (Wildman–Crippen LogP) is 3.99. The minimum Gasteiger partial charge on any atom is -0.343 e. The maximum Gasteiger partial charge on any atom is 0.328 e. The summed E-state index contributed by atoms with van der Waals surface area (Å²) in [7, 11) is 1.75. The molecular formula is C25H29Cl2N5O2. The van der Waals surface area contributed by atoms with E-state index in [1.807, 2.05) is 0 Å². The zero-order chi connectivity index (χ0) is 24.1. The number of urea groups is 1. The van der Waals surface area contributed by atoms with E-state index in [2.05, 4.69) is 53.2 Å². The second-order valence-corrected chi connectivity index (χ2v) is 10.3. The smallest absolute Gasteiger partial charge is 0.328 e. The van der Waals surface area contributed by atoms with Gasteiger partial charge < -0.3 is 9.80 Å². The maximum atomic E-state index is 13.7. The molecule has 3 fully saturated rings. The standard InChI is InChI=1S/C25H29Cl2N5O2/c1-4-16-5-9-19(10-6-16)30-12-15(2)13-31-21-22(28-24(30)31)29(3)25(34)32(23(21)33)14-17-7-8-18(26)11-20(17)27/h5-11,15,21-22,24,28H,4,12-14H2,1-3H3. The van der Waals surface area contributed by atoms with Crippen LogP contribution in [0.4, 0.5) is 10.5 Å². The van der Waals surface area contributed by atoms with Crippen molar-refractivity contribution in [3.05, 3.63) is 63.6 Å². The van der Waals surface area contributed by atoms with Crippen LogP contribution in [0.1, 0.15) is 25.0 Å². The van der Waals surface area contributed by atoms with Gasteiger partial charge in [0.05, 0.1) is 6.54 Å². The molecule has 0 spiro atoms. The number of aryl methyl sites for hydroxylation is 1. The number of imide groups is 1. The summed E-state index contributed by atoms with van der Waals surface area (Å²) in [6.07, 6.45) is 0.422. The molecule has 4 unspecified atom stereocenters. The first kappa shape index (κ1) is 23.4. The fourth-order valence-corrected chi connectivity index (χ4v) is 5.78. The summed E-state index contributed by atoms with van der Waals surface area (Å²) >= 11 is 12.4. The number of hydrogen-bond donors (Lipinski definition) is 1. The van der Waals surface area contributed by atoms with Crippen molar-refractivity contribution in [3.63, 3.8) is 0 Å². The second kappa shape index (κ2) is 9.04. The zero-order valence-electron chi connectivity index (χ0n) is 19.5. The second-order valence-electron chi connectivity index (χ2n) is 9.46. The minimum atomic E-state index is -0.473. The molecular weight excluding hydrogens is 473 g/mol. The monoisotopic (exact) mass is 501 g/mol. The molecule has 2 aromatic rings. The van der Waals surface area contributed by atoms with Crippen molar-refractivity contribution in [3.8, 4) is 0 Å². The molecule has 9 heteroatoms. The van der Waals surface area contributed by atoms with Gasteiger partial charge in [-0.1, -0.05) is 55.2 Å². The van der Waals surface area contributed by atoms with E-state index in [9.17, 15) is 9.59 Å². The molecule has 180 valence electrons. The Bertz CT molecular complexity index is 1110. The van der Waals surface area contributed by atoms with Gasteiger partial charge in [0.2, 0.25) is 0 Å². The summed E-state index contributed by atoms with van der Waals surface area (Å²) in [5, 5.41) is 4.52. The summed E-state index contributed by atoms with van der Waals surface area (Å²) in [5.41, 5.74) is 3.08. The number of nitrogens with zero attached hydrogens (tertiary/aromatic N) is 4. The fourth-order valence-electron chi connectivity index (χ4n) is 5.31. The molecule has 2 aromatic carbocycles. The van der Waals surface area contributed by atoms with Gasteiger partial charge in [0.15, 0.2) is 0 Å². The first-order chi connectivity index (χ1) is 16.3. The Morgan fingerprint density at radius 1 is 1.06 bits per heavy atom. The molecule has 7 nitrogen and oxygen atoms in total. The first-order valence-electron chi connectivity index (χ1n) is 11.7. The molecule has 4 atom stereocenters. The quantitative estimate of drug-likeness (QED) is 0.686. The summed E-state index contributed by atoms with van der Waals surface area (Å²) in [6.45, 7) is 6.09. The van der Waals surface area contributed by atoms with Crippen LogP contribution in [0.3, 0.4) is 0 Å². The SMILES string of the molecule is CCc1ccc(N2CC(C)CN3C4C(=O)N(Cc5ccc(Cl)cc5Cl)C(=O)N(C)C4NC23)cc1. The van der Waals surface area contributed by atoms with Gasteiger partial charge in [-0.2, -0.15) is 0 Å². The molecule has 0 bridgehead atoms. The lowest BCUT2D eigenvalue weighted by Crippen LogP contribution is -2.66. The number of carbonyl (C=O) groups excluding carboxylic acids is 2. The van der Waals surface area contributed by atoms with Crippen molar-refractivity contribution in [1.82, 2.24) is 20.0 Å². The lowest BCUT2D eigenvalue weighted by atomic mass is 10.0. The summed E-state index contributed by atoms with van der Waals surface area (Å²) in [6, 6.07) is 12.9. The van der Waals surface area contributed by atoms with E-state index < -0.39 is 12.2 Å². The van der Waals surface area contributed by atoms with E-state index in [0.717, 1.165) is 25.2 Å². The number of benzene rings is 2. The van der Waals surface area contributed by atoms with Crippen molar-refractivity contribution in [2.24, 2.45) is 5.92 Å². The number of nitrogens with one attached hydrogen (secondary N) is 1. The lowest BCUT2D eigenvalue weighted by Gasteiger charge is -2.46. The molecule has 3 heterocycles. The Labute approximate surface area is 210 Å². The molecule has 5 rings (SSSR count). The largest absolute Gasteiger partial charge is 0.343 e. The molecule has 1 N–H and O–H groups in total. The molecule has 3 aliphatic heterocycles. The highest BCUT2D eigenvalue weighted by atomic mass is 35.5. The van der Waals surface area contributed by atoms with Gasteiger partial charge in [-0.05, 0) is 47.7 Å². The van der Waals surface area contributed by atoms with Crippen molar-refractivity contribution in [2.75, 3.05) is 25.0 Å². The van der Waals surface area contributed by atoms with Gasteiger partial charge in [0.25, 0.3) is 5.91 Å². The average molecular weight is 502 g/mol. The number of carbonyl (C=O) groups is 2. The number of likely N-dealkylation sites (N-methyl/N-ethyl adjacent to an activating group) is 1. The van der Waals surface area contributed by atoms with E-state index in [-0.39, 0.29) is 24.8 Å². The van der Waals surface area contributed by atoms with Crippen LogP contribution in [0.15, 0.2) is 42.5 Å². The van der Waals surface area contributed by atoms with Gasteiger partial charge >= 0.3 is 6.03 Å². The first-order valence-corrected chi connectivity index (χ1v) is 12.4. The number of anilines is 1. The Kier molecular flexibility index (Phi) is 6.23. The average Bonchev–Trinajstić information content (AvgIpc) is 3.21. The molecule has 3 saturated heterocycles. The molecule has 0 aliphatic carbocycles. The van der Waals surface area contributed by atoms with E-state index in [0.29, 0.717) is 21.5 Å². The number of halogens is 2. The predicted molar refractivity (Wildman–Crippen MR) is 134 cm³/mol. The zero-order valence-corrected chi connectivity index (χ0v) is 21.1. The third-order valence-electron chi connectivity index (χ3n) is 7.11. The molecule has 34 heavy (non-hydrogen) atoms. The number of amides is 3. The van der Waals surface area contributed by atoms with Gasteiger partial charge in [0.1, 0.15) is 18.5 Å². The highest BCUT2D eigenvalue weighted by Gasteiger charge is 2.56. The van der Waals surface area contributed by atoms with Gasteiger partial charge in [-0.15, -0.1) is 0 Å². The third-order valence-corrected chi connectivity index (χ3v) is 7.69. The Balaban J connectivity index is 1.44. The van der Waals surface area contributed by atoms with Crippen LogP contribution < -0.4 is 10.2 Å². The number of rotatable bonds is 4. The number of hydrogen-bond acceptors (Lipinski definition) is 5. The Morgan fingerprint density at radius 3 is 2.47 bits per heavy atom. The Hall–Kier alpha value is -2.32. The molecule has 0 radical (unpaired) electrons. The van der Waals surface area contributed by atoms with E-state index in [1.165, 1.54) is 10.5 Å². The summed E-state index contributed by atoms with van der Waals surface area (Å²) in [5.74, 6) is 0.155. The van der Waals surface area contributed by atoms with Crippen molar-refractivity contribution < 1.29 is 9.59 Å². The maximum absolute atomic E-state index is 13.7. The van der Waals surface area contributed by atoms with Crippen molar-refractivity contribution in [2.45, 2.75) is 45.3 Å². The van der Waals surface area contributed by atoms with Crippen LogP contribution >= 0.6 is 23.2 Å². The van der Waals surface area contributed by atoms with Crippen LogP contribution in [0, 0.1) is 5.92 Å². The van der Waals surface area contributed by atoms with Crippen LogP contribution in [0.2, 0.25) is 10.0 Å². The summed E-state index contributed by atoms with van der Waals surface area (Å²) in [4.78, 5) is 34.4. The van der Waals surface area contributed by atoms with Crippen molar-refractivity contribution >= 4 is 40.8 Å². The topological polar surface area (TPSA) is 59.1 Å². The van der Waals surface area contributed by atoms with E-state index in [1.54, 1.807) is 30.1 Å². The number of fused-ring (bicyclic) bond motifs is 3. The third kappa shape index (κ3) is 3.94. The van der Waals surface area contributed by atoms with Gasteiger partial charge in [-0.25, -0.2) is 4.79 Å².